The first-order chi connectivity index (χ1) is 8.77. The molecule has 0 bridgehead atoms. The second kappa shape index (κ2) is 4.54. The van der Waals surface area contributed by atoms with E-state index in [1.54, 1.807) is 0 Å². The van der Waals surface area contributed by atoms with Crippen molar-refractivity contribution >= 4 is 26.8 Å². The Morgan fingerprint density at radius 3 is 2.33 bits per heavy atom. The number of benzene rings is 2. The third-order valence-corrected chi connectivity index (χ3v) is 4.09. The predicted octanol–water partition coefficient (Wildman–Crippen LogP) is 4.97. The molecule has 0 radical (unpaired) electrons. The molecule has 0 N–H and O–H groups in total. The highest BCUT2D eigenvalue weighted by molar-refractivity contribution is 9.10. The summed E-state index contributed by atoms with van der Waals surface area (Å²) in [5.74, 6) is 0. The number of nitrogens with zero attached hydrogens (tertiary/aromatic N) is 1. The Kier molecular flexibility index (Phi) is 2.88. The Labute approximate surface area is 115 Å². The van der Waals surface area contributed by atoms with Crippen LogP contribution < -0.4 is 0 Å². The molecular weight excluding hydrogens is 286 g/mol. The molecule has 0 fully saturated rings. The number of hydrogen-bond donors (Lipinski definition) is 0. The van der Waals surface area contributed by atoms with Crippen LogP contribution in [0.15, 0.2) is 59.1 Å². The molecule has 0 amide bonds. The molecule has 1 heterocycles. The molecule has 3 aromatic rings. The highest BCUT2D eigenvalue weighted by atomic mass is 79.9. The summed E-state index contributed by atoms with van der Waals surface area (Å²) in [6.07, 6.45) is 0. The number of halogens is 1. The van der Waals surface area contributed by atoms with Crippen LogP contribution in [0.25, 0.3) is 22.2 Å². The molecule has 0 spiro atoms. The second-order valence-electron chi connectivity index (χ2n) is 4.28. The van der Waals surface area contributed by atoms with Crippen molar-refractivity contribution in [1.82, 2.24) is 4.98 Å². The Hall–Kier alpha value is -1.67. The van der Waals surface area contributed by atoms with E-state index in [2.05, 4.69) is 47.1 Å². The van der Waals surface area contributed by atoms with E-state index in [1.165, 1.54) is 10.9 Å². The normalized spacial score (nSPS) is 10.8. The Balaban J connectivity index is 2.34. The van der Waals surface area contributed by atoms with Crippen LogP contribution in [0.1, 0.15) is 5.56 Å². The molecule has 2 aromatic carbocycles. The Morgan fingerprint density at radius 2 is 1.56 bits per heavy atom. The van der Waals surface area contributed by atoms with Gasteiger partial charge in [0.1, 0.15) is 0 Å². The van der Waals surface area contributed by atoms with Gasteiger partial charge in [0.15, 0.2) is 0 Å². The number of aromatic nitrogens is 1. The van der Waals surface area contributed by atoms with E-state index in [1.807, 2.05) is 30.3 Å². The maximum Gasteiger partial charge on any atom is 0.0854 e. The molecule has 0 aliphatic carbocycles. The van der Waals surface area contributed by atoms with E-state index in [-0.39, 0.29) is 0 Å². The molecule has 1 aromatic heterocycles. The van der Waals surface area contributed by atoms with Crippen molar-refractivity contribution in [2.75, 3.05) is 0 Å². The van der Waals surface area contributed by atoms with Gasteiger partial charge in [0.25, 0.3) is 0 Å². The third-order valence-electron chi connectivity index (χ3n) is 3.12. The molecule has 88 valence electrons. The predicted molar refractivity (Wildman–Crippen MR) is 79.6 cm³/mol. The van der Waals surface area contributed by atoms with Gasteiger partial charge < -0.3 is 0 Å². The molecular formula is C16H12BrN. The summed E-state index contributed by atoms with van der Waals surface area (Å²) in [5, 5.41) is 1.20. The highest BCUT2D eigenvalue weighted by Crippen LogP contribution is 2.33. The van der Waals surface area contributed by atoms with Crippen LogP contribution in [-0.4, -0.2) is 4.98 Å². The van der Waals surface area contributed by atoms with Crippen molar-refractivity contribution in [3.05, 3.63) is 64.6 Å². The van der Waals surface area contributed by atoms with Crippen LogP contribution in [-0.2, 0) is 0 Å². The van der Waals surface area contributed by atoms with Gasteiger partial charge in [0.2, 0.25) is 0 Å². The lowest BCUT2D eigenvalue weighted by Crippen LogP contribution is -1.91. The summed E-state index contributed by atoms with van der Waals surface area (Å²) in [6, 6.07) is 18.5. The number of aryl methyl sites for hydroxylation is 1. The maximum atomic E-state index is 4.76. The van der Waals surface area contributed by atoms with Crippen molar-refractivity contribution in [3.8, 4) is 11.3 Å². The summed E-state index contributed by atoms with van der Waals surface area (Å²) in [4.78, 5) is 4.76. The van der Waals surface area contributed by atoms with E-state index >= 15 is 0 Å². The first kappa shape index (κ1) is 11.4. The molecule has 0 saturated heterocycles. The van der Waals surface area contributed by atoms with Crippen LogP contribution in [0, 0.1) is 6.92 Å². The zero-order valence-corrected chi connectivity index (χ0v) is 11.6. The van der Waals surface area contributed by atoms with Crippen LogP contribution >= 0.6 is 15.9 Å². The van der Waals surface area contributed by atoms with Crippen LogP contribution in [0.3, 0.4) is 0 Å². The van der Waals surface area contributed by atoms with Gasteiger partial charge in [0, 0.05) is 15.4 Å². The Bertz CT molecular complexity index is 705. The standard InChI is InChI=1S/C16H12BrN/c1-11-13-9-5-6-10-14(13)18-16(15(11)17)12-7-3-2-4-8-12/h2-10H,1H3. The molecule has 0 saturated carbocycles. The molecule has 0 aliphatic rings. The zero-order chi connectivity index (χ0) is 12.5. The molecule has 0 unspecified atom stereocenters. The Morgan fingerprint density at radius 1 is 0.889 bits per heavy atom. The minimum Gasteiger partial charge on any atom is -0.247 e. The van der Waals surface area contributed by atoms with E-state index < -0.39 is 0 Å². The summed E-state index contributed by atoms with van der Waals surface area (Å²) in [5.41, 5.74) is 4.42. The van der Waals surface area contributed by atoms with Gasteiger partial charge in [-0.2, -0.15) is 0 Å². The van der Waals surface area contributed by atoms with Crippen molar-refractivity contribution < 1.29 is 0 Å². The molecule has 2 heteroatoms. The van der Waals surface area contributed by atoms with Crippen molar-refractivity contribution in [3.63, 3.8) is 0 Å². The lowest BCUT2D eigenvalue weighted by atomic mass is 10.1. The molecule has 0 aliphatic heterocycles. The van der Waals surface area contributed by atoms with Gasteiger partial charge in [-0.05, 0) is 34.5 Å². The molecule has 18 heavy (non-hydrogen) atoms. The summed E-state index contributed by atoms with van der Waals surface area (Å²) in [6.45, 7) is 2.13. The maximum absolute atomic E-state index is 4.76. The second-order valence-corrected chi connectivity index (χ2v) is 5.08. The molecule has 1 nitrogen and oxygen atoms in total. The van der Waals surface area contributed by atoms with Gasteiger partial charge in [-0.15, -0.1) is 0 Å². The van der Waals surface area contributed by atoms with E-state index in [9.17, 15) is 0 Å². The minimum absolute atomic E-state index is 1.01. The zero-order valence-electron chi connectivity index (χ0n) is 10.0. The average molecular weight is 298 g/mol. The smallest absolute Gasteiger partial charge is 0.0854 e. The van der Waals surface area contributed by atoms with Gasteiger partial charge in [-0.3, -0.25) is 0 Å². The monoisotopic (exact) mass is 297 g/mol. The summed E-state index contributed by atoms with van der Waals surface area (Å²) >= 11 is 3.68. The third kappa shape index (κ3) is 1.83. The fourth-order valence-corrected chi connectivity index (χ4v) is 2.67. The molecule has 3 rings (SSSR count). The van der Waals surface area contributed by atoms with Crippen molar-refractivity contribution in [1.29, 1.82) is 0 Å². The van der Waals surface area contributed by atoms with Gasteiger partial charge >= 0.3 is 0 Å². The summed E-state index contributed by atoms with van der Waals surface area (Å²) in [7, 11) is 0. The van der Waals surface area contributed by atoms with Crippen molar-refractivity contribution in [2.24, 2.45) is 0 Å². The lowest BCUT2D eigenvalue weighted by Gasteiger charge is -2.10. The van der Waals surface area contributed by atoms with E-state index in [0.717, 1.165) is 21.2 Å². The first-order valence-electron chi connectivity index (χ1n) is 5.87. The van der Waals surface area contributed by atoms with Gasteiger partial charge in [-0.25, -0.2) is 4.98 Å². The fraction of sp³-hybridized carbons (Fsp3) is 0.0625. The van der Waals surface area contributed by atoms with Crippen LogP contribution in [0.2, 0.25) is 0 Å². The average Bonchev–Trinajstić information content (AvgIpc) is 2.44. The molecule has 0 atom stereocenters. The quantitative estimate of drug-likeness (QED) is 0.618. The fourth-order valence-electron chi connectivity index (χ4n) is 2.14. The number of pyridine rings is 1. The SMILES string of the molecule is Cc1c(Br)c(-c2ccccc2)nc2ccccc12. The van der Waals surface area contributed by atoms with Gasteiger partial charge in [0.05, 0.1) is 11.2 Å². The van der Waals surface area contributed by atoms with Crippen LogP contribution in [0.5, 0.6) is 0 Å². The minimum atomic E-state index is 1.01. The topological polar surface area (TPSA) is 12.9 Å². The van der Waals surface area contributed by atoms with E-state index in [4.69, 9.17) is 4.98 Å². The van der Waals surface area contributed by atoms with Gasteiger partial charge in [-0.1, -0.05) is 48.5 Å². The van der Waals surface area contributed by atoms with E-state index in [0.29, 0.717) is 0 Å². The first-order valence-corrected chi connectivity index (χ1v) is 6.67. The van der Waals surface area contributed by atoms with Crippen molar-refractivity contribution in [2.45, 2.75) is 6.92 Å². The summed E-state index contributed by atoms with van der Waals surface area (Å²) < 4.78 is 1.08. The number of hydrogen-bond acceptors (Lipinski definition) is 1. The van der Waals surface area contributed by atoms with Crippen LogP contribution in [0.4, 0.5) is 0 Å². The number of para-hydroxylation sites is 1. The largest absolute Gasteiger partial charge is 0.247 e. The number of rotatable bonds is 1. The lowest BCUT2D eigenvalue weighted by molar-refractivity contribution is 1.33. The highest BCUT2D eigenvalue weighted by Gasteiger charge is 2.10. The number of fused-ring (bicyclic) bond motifs is 1.